The average molecular weight is 272 g/mol. The molecule has 0 fully saturated rings. The second-order valence-corrected chi connectivity index (χ2v) is 6.13. The van der Waals surface area contributed by atoms with Gasteiger partial charge in [-0.05, 0) is 29.5 Å². The van der Waals surface area contributed by atoms with Crippen molar-refractivity contribution in [2.24, 2.45) is 0 Å². The first-order valence-electron chi connectivity index (χ1n) is 7.18. The number of rotatable bonds is 5. The maximum atomic E-state index is 4.26. The maximum absolute atomic E-state index is 4.26. The molecule has 0 aliphatic rings. The highest BCUT2D eigenvalue weighted by atomic mass is 15.2. The highest BCUT2D eigenvalue weighted by Crippen LogP contribution is 2.23. The van der Waals surface area contributed by atoms with E-state index in [1.54, 1.807) is 6.33 Å². The number of benzene rings is 1. The third kappa shape index (κ3) is 3.67. The predicted octanol–water partition coefficient (Wildman–Crippen LogP) is 3.00. The molecule has 108 valence electrons. The summed E-state index contributed by atoms with van der Waals surface area (Å²) in [5.41, 5.74) is 2.87. The lowest BCUT2D eigenvalue weighted by Crippen LogP contribution is -2.24. The molecule has 0 radical (unpaired) electrons. The number of H-pyrrole nitrogens is 1. The van der Waals surface area contributed by atoms with Crippen LogP contribution < -0.4 is 5.32 Å². The van der Waals surface area contributed by atoms with Gasteiger partial charge in [-0.25, -0.2) is 4.98 Å². The molecule has 1 unspecified atom stereocenters. The summed E-state index contributed by atoms with van der Waals surface area (Å²) in [4.78, 5) is 4.26. The average Bonchev–Trinajstić information content (AvgIpc) is 2.91. The van der Waals surface area contributed by atoms with E-state index in [0.29, 0.717) is 0 Å². The Kier molecular flexibility index (Phi) is 4.55. The highest BCUT2D eigenvalue weighted by Gasteiger charge is 2.16. The molecule has 4 heteroatoms. The summed E-state index contributed by atoms with van der Waals surface area (Å²) in [7, 11) is 0. The molecular formula is C16H24N4. The van der Waals surface area contributed by atoms with Crippen LogP contribution in [-0.2, 0) is 11.8 Å². The third-order valence-corrected chi connectivity index (χ3v) is 3.47. The molecular weight excluding hydrogens is 248 g/mol. The van der Waals surface area contributed by atoms with E-state index in [9.17, 15) is 0 Å². The second kappa shape index (κ2) is 6.18. The van der Waals surface area contributed by atoms with Crippen LogP contribution in [0.25, 0.3) is 0 Å². The molecule has 1 atom stereocenters. The molecule has 0 aliphatic carbocycles. The highest BCUT2D eigenvalue weighted by molar-refractivity contribution is 5.28. The van der Waals surface area contributed by atoms with Crippen molar-refractivity contribution in [2.75, 3.05) is 6.54 Å². The van der Waals surface area contributed by atoms with Gasteiger partial charge in [-0.1, -0.05) is 52.0 Å². The Bertz CT molecular complexity index is 508. The molecule has 0 amide bonds. The Morgan fingerprint density at radius 2 is 1.90 bits per heavy atom. The van der Waals surface area contributed by atoms with Gasteiger partial charge in [0.15, 0.2) is 0 Å². The van der Waals surface area contributed by atoms with Crippen molar-refractivity contribution in [3.63, 3.8) is 0 Å². The van der Waals surface area contributed by atoms with E-state index in [2.05, 4.69) is 72.5 Å². The Labute approximate surface area is 121 Å². The third-order valence-electron chi connectivity index (χ3n) is 3.47. The first-order valence-corrected chi connectivity index (χ1v) is 7.18. The number of nitrogens with zero attached hydrogens (tertiary/aromatic N) is 2. The summed E-state index contributed by atoms with van der Waals surface area (Å²) in [6.07, 6.45) is 2.47. The number of likely N-dealkylation sites (N-methyl/N-ethyl adjacent to an activating group) is 1. The van der Waals surface area contributed by atoms with Crippen LogP contribution in [0.1, 0.15) is 50.7 Å². The normalized spacial score (nSPS) is 13.4. The minimum absolute atomic E-state index is 0.183. The number of aromatic amines is 1. The Morgan fingerprint density at radius 1 is 1.20 bits per heavy atom. The largest absolute Gasteiger partial charge is 0.307 e. The van der Waals surface area contributed by atoms with Gasteiger partial charge in [0.1, 0.15) is 12.2 Å². The van der Waals surface area contributed by atoms with Gasteiger partial charge >= 0.3 is 0 Å². The number of nitrogens with one attached hydrogen (secondary N) is 2. The molecule has 0 saturated heterocycles. The summed E-state index contributed by atoms with van der Waals surface area (Å²) in [5.74, 6) is 0.895. The Morgan fingerprint density at radius 3 is 2.40 bits per heavy atom. The molecule has 4 nitrogen and oxygen atoms in total. The summed E-state index contributed by atoms with van der Waals surface area (Å²) in [6.45, 7) is 9.71. The van der Waals surface area contributed by atoms with E-state index in [1.807, 2.05) is 0 Å². The molecule has 0 saturated carbocycles. The standard InChI is InChI=1S/C16H24N4/c1-5-17-14(15-18-11-19-20-15)10-12-6-8-13(9-7-12)16(2,3)4/h6-9,11,14,17H,5,10H2,1-4H3,(H,18,19,20). The van der Waals surface area contributed by atoms with Crippen LogP contribution in [-0.4, -0.2) is 21.7 Å². The first-order chi connectivity index (χ1) is 9.50. The topological polar surface area (TPSA) is 53.6 Å². The van der Waals surface area contributed by atoms with Gasteiger partial charge in [0.05, 0.1) is 6.04 Å². The number of hydrogen-bond acceptors (Lipinski definition) is 3. The van der Waals surface area contributed by atoms with Crippen molar-refractivity contribution >= 4 is 0 Å². The molecule has 1 heterocycles. The van der Waals surface area contributed by atoms with Crippen LogP contribution >= 0.6 is 0 Å². The fraction of sp³-hybridized carbons (Fsp3) is 0.500. The molecule has 1 aromatic heterocycles. The molecule has 2 N–H and O–H groups in total. The summed E-state index contributed by atoms with van der Waals surface area (Å²) >= 11 is 0. The van der Waals surface area contributed by atoms with Crippen molar-refractivity contribution in [3.05, 3.63) is 47.5 Å². The lowest BCUT2D eigenvalue weighted by atomic mass is 9.86. The van der Waals surface area contributed by atoms with Gasteiger partial charge in [-0.3, -0.25) is 5.10 Å². The minimum Gasteiger partial charge on any atom is -0.307 e. The molecule has 2 aromatic rings. The van der Waals surface area contributed by atoms with E-state index >= 15 is 0 Å². The van der Waals surface area contributed by atoms with Gasteiger partial charge < -0.3 is 5.32 Å². The SMILES string of the molecule is CCNC(Cc1ccc(C(C)(C)C)cc1)c1ncn[nH]1. The molecule has 1 aromatic carbocycles. The monoisotopic (exact) mass is 272 g/mol. The van der Waals surface area contributed by atoms with E-state index < -0.39 is 0 Å². The first kappa shape index (κ1) is 14.7. The fourth-order valence-electron chi connectivity index (χ4n) is 2.27. The summed E-state index contributed by atoms with van der Waals surface area (Å²) < 4.78 is 0. The van der Waals surface area contributed by atoms with Gasteiger partial charge in [0.25, 0.3) is 0 Å². The fourth-order valence-corrected chi connectivity index (χ4v) is 2.27. The van der Waals surface area contributed by atoms with Gasteiger partial charge in [-0.2, -0.15) is 5.10 Å². The Balaban J connectivity index is 2.11. The van der Waals surface area contributed by atoms with E-state index in [4.69, 9.17) is 0 Å². The van der Waals surface area contributed by atoms with Crippen molar-refractivity contribution in [1.29, 1.82) is 0 Å². The molecule has 2 rings (SSSR count). The quantitative estimate of drug-likeness (QED) is 0.879. The lowest BCUT2D eigenvalue weighted by molar-refractivity contribution is 0.523. The van der Waals surface area contributed by atoms with Crippen LogP contribution in [0, 0.1) is 0 Å². The molecule has 0 bridgehead atoms. The number of aromatic nitrogens is 3. The zero-order valence-electron chi connectivity index (χ0n) is 12.8. The Hall–Kier alpha value is -1.68. The zero-order chi connectivity index (χ0) is 14.6. The zero-order valence-corrected chi connectivity index (χ0v) is 12.8. The molecule has 0 aliphatic heterocycles. The van der Waals surface area contributed by atoms with Gasteiger partial charge in [0, 0.05) is 0 Å². The van der Waals surface area contributed by atoms with Gasteiger partial charge in [-0.15, -0.1) is 0 Å². The van der Waals surface area contributed by atoms with E-state index in [0.717, 1.165) is 18.8 Å². The van der Waals surface area contributed by atoms with E-state index in [1.165, 1.54) is 11.1 Å². The smallest absolute Gasteiger partial charge is 0.141 e. The van der Waals surface area contributed by atoms with E-state index in [-0.39, 0.29) is 11.5 Å². The van der Waals surface area contributed by atoms with Crippen LogP contribution in [0.2, 0.25) is 0 Å². The van der Waals surface area contributed by atoms with Crippen molar-refractivity contribution < 1.29 is 0 Å². The predicted molar refractivity (Wildman–Crippen MR) is 81.6 cm³/mol. The summed E-state index contributed by atoms with van der Waals surface area (Å²) in [6, 6.07) is 9.04. The van der Waals surface area contributed by atoms with Crippen molar-refractivity contribution in [3.8, 4) is 0 Å². The molecule has 20 heavy (non-hydrogen) atoms. The van der Waals surface area contributed by atoms with Crippen LogP contribution in [0.3, 0.4) is 0 Å². The van der Waals surface area contributed by atoms with Crippen LogP contribution in [0.4, 0.5) is 0 Å². The minimum atomic E-state index is 0.183. The van der Waals surface area contributed by atoms with Crippen molar-refractivity contribution in [2.45, 2.75) is 45.6 Å². The van der Waals surface area contributed by atoms with Crippen LogP contribution in [0.5, 0.6) is 0 Å². The van der Waals surface area contributed by atoms with Crippen LogP contribution in [0.15, 0.2) is 30.6 Å². The number of hydrogen-bond donors (Lipinski definition) is 2. The maximum Gasteiger partial charge on any atom is 0.141 e. The molecule has 0 spiro atoms. The van der Waals surface area contributed by atoms with Gasteiger partial charge in [0.2, 0.25) is 0 Å². The second-order valence-electron chi connectivity index (χ2n) is 6.13. The summed E-state index contributed by atoms with van der Waals surface area (Å²) in [5, 5.41) is 10.3. The van der Waals surface area contributed by atoms with Crippen molar-refractivity contribution in [1.82, 2.24) is 20.5 Å². The lowest BCUT2D eigenvalue weighted by Gasteiger charge is -2.20.